The van der Waals surface area contributed by atoms with Gasteiger partial charge in [-0.05, 0) is 56.5 Å². The zero-order chi connectivity index (χ0) is 11.7. The van der Waals surface area contributed by atoms with Gasteiger partial charge in [-0.2, -0.15) is 0 Å². The van der Waals surface area contributed by atoms with E-state index in [1.807, 2.05) is 26.0 Å². The summed E-state index contributed by atoms with van der Waals surface area (Å²) in [5.74, 6) is 0.241. The highest BCUT2D eigenvalue weighted by atomic mass is 79.9. The summed E-state index contributed by atoms with van der Waals surface area (Å²) in [7, 11) is 0. The fourth-order valence-corrected chi connectivity index (χ4v) is 2.60. The lowest BCUT2D eigenvalue weighted by Gasteiger charge is -2.12. The summed E-state index contributed by atoms with van der Waals surface area (Å²) < 4.78 is 1.07. The van der Waals surface area contributed by atoms with E-state index >= 15 is 0 Å². The molecule has 0 amide bonds. The topological polar surface area (TPSA) is 29.1 Å². The highest BCUT2D eigenvalue weighted by Gasteiger charge is 2.24. The molecule has 1 atom stereocenters. The summed E-state index contributed by atoms with van der Waals surface area (Å²) in [4.78, 5) is 12.3. The van der Waals surface area contributed by atoms with Gasteiger partial charge in [0.05, 0.1) is 6.04 Å². The van der Waals surface area contributed by atoms with Gasteiger partial charge in [-0.3, -0.25) is 4.79 Å². The number of Topliss-reactive ketones (excluding diaryl/α,β-unsaturated/α-hetero) is 1. The Balaban J connectivity index is 2.32. The van der Waals surface area contributed by atoms with Gasteiger partial charge in [-0.25, -0.2) is 0 Å². The van der Waals surface area contributed by atoms with E-state index in [1.54, 1.807) is 0 Å². The first kappa shape index (κ1) is 11.8. The molecule has 1 aromatic carbocycles. The number of halogens is 1. The van der Waals surface area contributed by atoms with Crippen molar-refractivity contribution in [2.24, 2.45) is 0 Å². The van der Waals surface area contributed by atoms with Crippen molar-refractivity contribution in [3.8, 4) is 0 Å². The van der Waals surface area contributed by atoms with Gasteiger partial charge in [0.2, 0.25) is 0 Å². The number of carbonyl (C=O) groups excluding carboxylic acids is 1. The molecule has 2 rings (SSSR count). The van der Waals surface area contributed by atoms with Gasteiger partial charge in [0.25, 0.3) is 0 Å². The van der Waals surface area contributed by atoms with Crippen molar-refractivity contribution in [2.75, 3.05) is 6.54 Å². The molecule has 3 heteroatoms. The summed E-state index contributed by atoms with van der Waals surface area (Å²) in [5, 5.41) is 3.25. The molecule has 1 N–H and O–H groups in total. The van der Waals surface area contributed by atoms with Crippen molar-refractivity contribution in [2.45, 2.75) is 32.7 Å². The Morgan fingerprint density at radius 2 is 2.12 bits per heavy atom. The third-order valence-corrected chi connectivity index (χ3v) is 4.00. The summed E-state index contributed by atoms with van der Waals surface area (Å²) >= 11 is 3.49. The number of benzene rings is 1. The normalized spacial score (nSPS) is 20.1. The van der Waals surface area contributed by atoms with Crippen molar-refractivity contribution < 1.29 is 4.79 Å². The van der Waals surface area contributed by atoms with Crippen LogP contribution >= 0.6 is 15.9 Å². The molecule has 0 bridgehead atoms. The largest absolute Gasteiger partial charge is 0.307 e. The van der Waals surface area contributed by atoms with E-state index in [0.717, 1.165) is 40.5 Å². The van der Waals surface area contributed by atoms with Gasteiger partial charge >= 0.3 is 0 Å². The maximum Gasteiger partial charge on any atom is 0.180 e. The molecule has 0 aliphatic carbocycles. The van der Waals surface area contributed by atoms with Gasteiger partial charge in [0, 0.05) is 10.0 Å². The lowest BCUT2D eigenvalue weighted by Crippen LogP contribution is -2.31. The predicted octanol–water partition coefficient (Wildman–Crippen LogP) is 3.00. The summed E-state index contributed by atoms with van der Waals surface area (Å²) in [6.07, 6.45) is 2.07. The van der Waals surface area contributed by atoms with Crippen molar-refractivity contribution in [3.63, 3.8) is 0 Å². The van der Waals surface area contributed by atoms with Crippen LogP contribution in [0.25, 0.3) is 0 Å². The SMILES string of the molecule is Cc1cc(C(=O)C2CCCN2)c(C)cc1Br. The molecule has 1 aliphatic heterocycles. The van der Waals surface area contributed by atoms with Gasteiger partial charge in [0.15, 0.2) is 5.78 Å². The number of nitrogens with one attached hydrogen (secondary N) is 1. The lowest BCUT2D eigenvalue weighted by atomic mass is 9.97. The van der Waals surface area contributed by atoms with Crippen LogP contribution in [0.3, 0.4) is 0 Å². The van der Waals surface area contributed by atoms with Crippen molar-refractivity contribution in [3.05, 3.63) is 33.3 Å². The number of ketones is 1. The highest BCUT2D eigenvalue weighted by Crippen LogP contribution is 2.23. The highest BCUT2D eigenvalue weighted by molar-refractivity contribution is 9.10. The maximum absolute atomic E-state index is 12.3. The predicted molar refractivity (Wildman–Crippen MR) is 69.0 cm³/mol. The second kappa shape index (κ2) is 4.68. The summed E-state index contributed by atoms with van der Waals surface area (Å²) in [5.41, 5.74) is 3.03. The molecule has 86 valence electrons. The molecule has 0 saturated carbocycles. The fraction of sp³-hybridized carbons (Fsp3) is 0.462. The third-order valence-electron chi connectivity index (χ3n) is 3.15. The summed E-state index contributed by atoms with van der Waals surface area (Å²) in [6.45, 7) is 4.97. The lowest BCUT2D eigenvalue weighted by molar-refractivity contribution is 0.0951. The number of hydrogen-bond acceptors (Lipinski definition) is 2. The van der Waals surface area contributed by atoms with Gasteiger partial charge in [0.1, 0.15) is 0 Å². The second-order valence-corrected chi connectivity index (χ2v) is 5.28. The summed E-state index contributed by atoms with van der Waals surface area (Å²) in [6, 6.07) is 4.04. The Morgan fingerprint density at radius 1 is 1.38 bits per heavy atom. The van der Waals surface area contributed by atoms with Gasteiger partial charge in [-0.15, -0.1) is 0 Å². The fourth-order valence-electron chi connectivity index (χ4n) is 2.14. The van der Waals surface area contributed by atoms with Crippen LogP contribution < -0.4 is 5.32 Å². The smallest absolute Gasteiger partial charge is 0.180 e. The molecule has 1 aromatic rings. The Kier molecular flexibility index (Phi) is 3.45. The third kappa shape index (κ3) is 2.20. The van der Waals surface area contributed by atoms with E-state index in [0.29, 0.717) is 0 Å². The molecule has 0 spiro atoms. The van der Waals surface area contributed by atoms with Gasteiger partial charge < -0.3 is 5.32 Å². The zero-order valence-corrected chi connectivity index (χ0v) is 11.2. The molecule has 0 aromatic heterocycles. The number of aryl methyl sites for hydroxylation is 2. The van der Waals surface area contributed by atoms with Crippen LogP contribution in [-0.2, 0) is 0 Å². The number of carbonyl (C=O) groups is 1. The molecular weight excluding hydrogens is 266 g/mol. The molecule has 1 heterocycles. The number of hydrogen-bond donors (Lipinski definition) is 1. The average Bonchev–Trinajstić information content (AvgIpc) is 2.75. The van der Waals surface area contributed by atoms with E-state index in [1.165, 1.54) is 0 Å². The second-order valence-electron chi connectivity index (χ2n) is 4.43. The number of rotatable bonds is 2. The Hall–Kier alpha value is -0.670. The average molecular weight is 282 g/mol. The molecule has 1 aliphatic rings. The minimum absolute atomic E-state index is 0.0271. The van der Waals surface area contributed by atoms with Crippen LogP contribution in [0, 0.1) is 13.8 Å². The van der Waals surface area contributed by atoms with Crippen LogP contribution in [-0.4, -0.2) is 18.4 Å². The molecule has 16 heavy (non-hydrogen) atoms. The first-order valence-corrected chi connectivity index (χ1v) is 6.43. The van der Waals surface area contributed by atoms with Crippen LogP contribution in [0.4, 0.5) is 0 Å². The monoisotopic (exact) mass is 281 g/mol. The zero-order valence-electron chi connectivity index (χ0n) is 9.64. The maximum atomic E-state index is 12.3. The Bertz CT molecular complexity index is 422. The minimum atomic E-state index is 0.0271. The Morgan fingerprint density at radius 3 is 2.75 bits per heavy atom. The minimum Gasteiger partial charge on any atom is -0.307 e. The van der Waals surface area contributed by atoms with Crippen molar-refractivity contribution >= 4 is 21.7 Å². The first-order valence-electron chi connectivity index (χ1n) is 5.64. The molecule has 1 unspecified atom stereocenters. The van der Waals surface area contributed by atoms with E-state index in [-0.39, 0.29) is 11.8 Å². The van der Waals surface area contributed by atoms with Crippen molar-refractivity contribution in [1.82, 2.24) is 5.32 Å². The Labute approximate surface area is 105 Å². The van der Waals surface area contributed by atoms with E-state index in [9.17, 15) is 4.79 Å². The molecular formula is C13H16BrNO. The van der Waals surface area contributed by atoms with Crippen LogP contribution in [0.1, 0.15) is 34.3 Å². The van der Waals surface area contributed by atoms with Crippen LogP contribution in [0.2, 0.25) is 0 Å². The molecule has 1 saturated heterocycles. The quantitative estimate of drug-likeness (QED) is 0.845. The van der Waals surface area contributed by atoms with E-state index in [2.05, 4.69) is 21.2 Å². The first-order chi connectivity index (χ1) is 7.59. The van der Waals surface area contributed by atoms with E-state index < -0.39 is 0 Å². The van der Waals surface area contributed by atoms with Crippen LogP contribution in [0.15, 0.2) is 16.6 Å². The molecule has 0 radical (unpaired) electrons. The molecule has 1 fully saturated rings. The molecule has 2 nitrogen and oxygen atoms in total. The standard InChI is InChI=1S/C13H16BrNO/c1-8-7-11(14)9(2)6-10(8)13(16)12-4-3-5-15-12/h6-7,12,15H,3-5H2,1-2H3. The van der Waals surface area contributed by atoms with Gasteiger partial charge in [-0.1, -0.05) is 15.9 Å². The van der Waals surface area contributed by atoms with Crippen LogP contribution in [0.5, 0.6) is 0 Å². The van der Waals surface area contributed by atoms with E-state index in [4.69, 9.17) is 0 Å². The van der Waals surface area contributed by atoms with Crippen molar-refractivity contribution in [1.29, 1.82) is 0 Å².